The van der Waals surface area contributed by atoms with Crippen LogP contribution in [-0.2, 0) is 0 Å². The topological polar surface area (TPSA) is 38.0 Å². The molecule has 0 spiro atoms. The van der Waals surface area contributed by atoms with Gasteiger partial charge in [0.2, 0.25) is 0 Å². The molecule has 0 aromatic carbocycles. The van der Waals surface area contributed by atoms with Gasteiger partial charge in [-0.2, -0.15) is 0 Å². The molecule has 0 fully saturated rings. The lowest BCUT2D eigenvalue weighted by Gasteiger charge is -2.03. The standard InChI is InChI=1S/C14H32N2.2BrH/c1-2-3-4-5-6-7-8-9-10-11-13-16-14-12-15;;/h16H,2-15H2,1H3;2*1H. The third-order valence-corrected chi connectivity index (χ3v) is 3.03. The monoisotopic (exact) mass is 388 g/mol. The number of hydrogen-bond acceptors (Lipinski definition) is 2. The van der Waals surface area contributed by atoms with Crippen molar-refractivity contribution in [3.05, 3.63) is 0 Å². The van der Waals surface area contributed by atoms with Crippen molar-refractivity contribution in [2.75, 3.05) is 19.6 Å². The summed E-state index contributed by atoms with van der Waals surface area (Å²) < 4.78 is 0. The van der Waals surface area contributed by atoms with E-state index in [-0.39, 0.29) is 34.0 Å². The molecule has 0 atom stereocenters. The van der Waals surface area contributed by atoms with Crippen LogP contribution in [0.4, 0.5) is 0 Å². The lowest BCUT2D eigenvalue weighted by atomic mass is 10.1. The average Bonchev–Trinajstić information content (AvgIpc) is 2.31. The van der Waals surface area contributed by atoms with Crippen LogP contribution in [0.15, 0.2) is 0 Å². The molecule has 4 heteroatoms. The molecule has 0 bridgehead atoms. The SMILES string of the molecule is Br.Br.CCCCCCCCCCCCNCCN. The van der Waals surface area contributed by atoms with E-state index in [1.54, 1.807) is 0 Å². The largest absolute Gasteiger partial charge is 0.329 e. The van der Waals surface area contributed by atoms with Gasteiger partial charge >= 0.3 is 0 Å². The second kappa shape index (κ2) is 23.0. The number of nitrogens with two attached hydrogens (primary N) is 1. The molecule has 0 saturated carbocycles. The third-order valence-electron chi connectivity index (χ3n) is 3.03. The number of hydrogen-bond donors (Lipinski definition) is 2. The predicted octanol–water partition coefficient (Wildman–Crippen LogP) is 4.61. The molecule has 18 heavy (non-hydrogen) atoms. The Bertz CT molecular complexity index is 110. The number of unbranched alkanes of at least 4 members (excludes halogenated alkanes) is 9. The minimum atomic E-state index is 0. The summed E-state index contributed by atoms with van der Waals surface area (Å²) in [6.45, 7) is 5.15. The zero-order valence-corrected chi connectivity index (χ0v) is 15.5. The minimum Gasteiger partial charge on any atom is -0.329 e. The van der Waals surface area contributed by atoms with Crippen molar-refractivity contribution in [2.24, 2.45) is 5.73 Å². The molecule has 0 aliphatic carbocycles. The molecule has 0 amide bonds. The first-order chi connectivity index (χ1) is 7.91. The van der Waals surface area contributed by atoms with Crippen molar-refractivity contribution in [3.63, 3.8) is 0 Å². The molecule has 0 aromatic rings. The summed E-state index contributed by atoms with van der Waals surface area (Å²) in [4.78, 5) is 0. The van der Waals surface area contributed by atoms with Gasteiger partial charge in [0.05, 0.1) is 0 Å². The molecule has 114 valence electrons. The van der Waals surface area contributed by atoms with Crippen LogP contribution < -0.4 is 11.1 Å². The lowest BCUT2D eigenvalue weighted by Crippen LogP contribution is -2.23. The first-order valence-corrected chi connectivity index (χ1v) is 7.32. The molecule has 3 N–H and O–H groups in total. The highest BCUT2D eigenvalue weighted by Crippen LogP contribution is 2.10. The maximum Gasteiger partial charge on any atom is 0.00745 e. The van der Waals surface area contributed by atoms with Gasteiger partial charge in [0, 0.05) is 13.1 Å². The Balaban J connectivity index is -0.00000112. The number of nitrogens with one attached hydrogen (secondary N) is 1. The van der Waals surface area contributed by atoms with Crippen LogP contribution in [0.3, 0.4) is 0 Å². The van der Waals surface area contributed by atoms with Crippen LogP contribution in [0.1, 0.15) is 71.1 Å². The van der Waals surface area contributed by atoms with E-state index in [1.807, 2.05) is 0 Å². The van der Waals surface area contributed by atoms with E-state index in [0.717, 1.165) is 19.6 Å². The van der Waals surface area contributed by atoms with Gasteiger partial charge in [-0.3, -0.25) is 0 Å². The Hall–Kier alpha value is 0.880. The first kappa shape index (κ1) is 23.9. The quantitative estimate of drug-likeness (QED) is 0.451. The molecule has 0 radical (unpaired) electrons. The lowest BCUT2D eigenvalue weighted by molar-refractivity contribution is 0.545. The maximum absolute atomic E-state index is 5.40. The Kier molecular flexibility index (Phi) is 30.6. The normalized spacial score (nSPS) is 9.67. The summed E-state index contributed by atoms with van der Waals surface area (Å²) >= 11 is 0. The second-order valence-corrected chi connectivity index (χ2v) is 4.72. The smallest absolute Gasteiger partial charge is 0.00745 e. The highest BCUT2D eigenvalue weighted by atomic mass is 79.9. The highest BCUT2D eigenvalue weighted by molar-refractivity contribution is 8.93. The van der Waals surface area contributed by atoms with E-state index in [0.29, 0.717) is 0 Å². The summed E-state index contributed by atoms with van der Waals surface area (Å²) in [5.41, 5.74) is 5.40. The fraction of sp³-hybridized carbons (Fsp3) is 1.00. The van der Waals surface area contributed by atoms with E-state index < -0.39 is 0 Å². The van der Waals surface area contributed by atoms with Gasteiger partial charge in [0.25, 0.3) is 0 Å². The van der Waals surface area contributed by atoms with Crippen molar-refractivity contribution in [1.82, 2.24) is 5.32 Å². The van der Waals surface area contributed by atoms with Gasteiger partial charge in [0.15, 0.2) is 0 Å². The van der Waals surface area contributed by atoms with Crippen molar-refractivity contribution >= 4 is 34.0 Å². The van der Waals surface area contributed by atoms with E-state index in [2.05, 4.69) is 12.2 Å². The molecular weight excluding hydrogens is 356 g/mol. The maximum atomic E-state index is 5.40. The number of halogens is 2. The van der Waals surface area contributed by atoms with E-state index >= 15 is 0 Å². The Morgan fingerprint density at radius 3 is 1.56 bits per heavy atom. The molecule has 0 saturated heterocycles. The van der Waals surface area contributed by atoms with Crippen LogP contribution in [0.2, 0.25) is 0 Å². The van der Waals surface area contributed by atoms with E-state index in [9.17, 15) is 0 Å². The van der Waals surface area contributed by atoms with Crippen molar-refractivity contribution in [3.8, 4) is 0 Å². The zero-order chi connectivity index (χ0) is 11.9. The summed E-state index contributed by atoms with van der Waals surface area (Å²) in [5, 5.41) is 3.34. The predicted molar refractivity (Wildman–Crippen MR) is 94.4 cm³/mol. The summed E-state index contributed by atoms with van der Waals surface area (Å²) in [6.07, 6.45) is 14.1. The Labute approximate surface area is 135 Å². The molecular formula is C14H34Br2N2. The van der Waals surface area contributed by atoms with Crippen LogP contribution in [0.25, 0.3) is 0 Å². The first-order valence-electron chi connectivity index (χ1n) is 7.32. The molecule has 0 aliphatic rings. The van der Waals surface area contributed by atoms with Crippen molar-refractivity contribution in [2.45, 2.75) is 71.1 Å². The summed E-state index contributed by atoms with van der Waals surface area (Å²) in [7, 11) is 0. The fourth-order valence-corrected chi connectivity index (χ4v) is 1.96. The molecule has 0 aliphatic heterocycles. The third kappa shape index (κ3) is 22.1. The Morgan fingerprint density at radius 1 is 0.667 bits per heavy atom. The Morgan fingerprint density at radius 2 is 1.11 bits per heavy atom. The highest BCUT2D eigenvalue weighted by Gasteiger charge is 1.92. The van der Waals surface area contributed by atoms with Gasteiger partial charge in [-0.25, -0.2) is 0 Å². The molecule has 0 rings (SSSR count). The van der Waals surface area contributed by atoms with Gasteiger partial charge in [-0.05, 0) is 13.0 Å². The van der Waals surface area contributed by atoms with Crippen molar-refractivity contribution < 1.29 is 0 Å². The van der Waals surface area contributed by atoms with E-state index in [1.165, 1.54) is 64.2 Å². The number of rotatable bonds is 13. The summed E-state index contributed by atoms with van der Waals surface area (Å²) in [6, 6.07) is 0. The zero-order valence-electron chi connectivity index (χ0n) is 12.1. The summed E-state index contributed by atoms with van der Waals surface area (Å²) in [5.74, 6) is 0. The molecule has 0 aromatic heterocycles. The van der Waals surface area contributed by atoms with E-state index in [4.69, 9.17) is 5.73 Å². The van der Waals surface area contributed by atoms with Gasteiger partial charge in [0.1, 0.15) is 0 Å². The van der Waals surface area contributed by atoms with Crippen LogP contribution in [0.5, 0.6) is 0 Å². The van der Waals surface area contributed by atoms with Crippen molar-refractivity contribution in [1.29, 1.82) is 0 Å². The average molecular weight is 390 g/mol. The molecule has 0 unspecified atom stereocenters. The fourth-order valence-electron chi connectivity index (χ4n) is 1.96. The van der Waals surface area contributed by atoms with Gasteiger partial charge in [-0.1, -0.05) is 64.7 Å². The van der Waals surface area contributed by atoms with Crippen LogP contribution in [-0.4, -0.2) is 19.6 Å². The van der Waals surface area contributed by atoms with Gasteiger partial charge in [-0.15, -0.1) is 34.0 Å². The minimum absolute atomic E-state index is 0. The van der Waals surface area contributed by atoms with Crippen LogP contribution in [0, 0.1) is 0 Å². The van der Waals surface area contributed by atoms with Gasteiger partial charge < -0.3 is 11.1 Å². The second-order valence-electron chi connectivity index (χ2n) is 4.72. The molecule has 0 heterocycles. The molecule has 2 nitrogen and oxygen atoms in total. The van der Waals surface area contributed by atoms with Crippen LogP contribution >= 0.6 is 34.0 Å².